The van der Waals surface area contributed by atoms with Crippen LogP contribution in [0.15, 0.2) is 0 Å². The van der Waals surface area contributed by atoms with E-state index < -0.39 is 0 Å². The Bertz CT molecular complexity index is 389. The lowest BCUT2D eigenvalue weighted by atomic mass is 10.0. The molecule has 0 aliphatic carbocycles. The van der Waals surface area contributed by atoms with Crippen LogP contribution in [0.2, 0.25) is 0 Å². The highest BCUT2D eigenvalue weighted by molar-refractivity contribution is 5.69. The Morgan fingerprint density at radius 2 is 1.00 bits per heavy atom. The van der Waals surface area contributed by atoms with E-state index in [0.717, 1.165) is 25.9 Å². The van der Waals surface area contributed by atoms with Crippen LogP contribution in [0.25, 0.3) is 0 Å². The SMILES string of the molecule is CCCCCCCCCCCCCCCCN(C)CCOCCOC(=O)CCCCCCC. The Morgan fingerprint density at radius 1 is 0.545 bits per heavy atom. The number of carbonyl (C=O) groups excluding carboxylic acids is 1. The molecule has 198 valence electrons. The molecule has 0 radical (unpaired) electrons. The van der Waals surface area contributed by atoms with Crippen molar-refractivity contribution in [2.45, 2.75) is 142 Å². The topological polar surface area (TPSA) is 38.8 Å². The highest BCUT2D eigenvalue weighted by Gasteiger charge is 2.03. The number of hydrogen-bond acceptors (Lipinski definition) is 4. The number of carbonyl (C=O) groups is 1. The van der Waals surface area contributed by atoms with Gasteiger partial charge in [0.25, 0.3) is 0 Å². The van der Waals surface area contributed by atoms with Crippen LogP contribution in [0.3, 0.4) is 0 Å². The summed E-state index contributed by atoms with van der Waals surface area (Å²) in [6.07, 6.45) is 26.0. The molecule has 33 heavy (non-hydrogen) atoms. The Labute approximate surface area is 207 Å². The molecular weight excluding hydrogens is 410 g/mol. The predicted molar refractivity (Wildman–Crippen MR) is 143 cm³/mol. The van der Waals surface area contributed by atoms with Crippen molar-refractivity contribution in [2.24, 2.45) is 0 Å². The molecule has 0 aromatic carbocycles. The summed E-state index contributed by atoms with van der Waals surface area (Å²) < 4.78 is 10.9. The largest absolute Gasteiger partial charge is 0.463 e. The van der Waals surface area contributed by atoms with E-state index in [1.807, 2.05) is 0 Å². The minimum absolute atomic E-state index is 0.0787. The molecular formula is C29H59NO3. The third-order valence-electron chi connectivity index (χ3n) is 6.49. The lowest BCUT2D eigenvalue weighted by Crippen LogP contribution is -2.25. The first-order valence-electron chi connectivity index (χ1n) is 14.6. The van der Waals surface area contributed by atoms with Crippen LogP contribution < -0.4 is 0 Å². The fraction of sp³-hybridized carbons (Fsp3) is 0.966. The minimum atomic E-state index is -0.0787. The van der Waals surface area contributed by atoms with Gasteiger partial charge in [-0.05, 0) is 26.4 Å². The minimum Gasteiger partial charge on any atom is -0.463 e. The summed E-state index contributed by atoms with van der Waals surface area (Å²) in [6.45, 7) is 8.19. The molecule has 0 bridgehead atoms. The summed E-state index contributed by atoms with van der Waals surface area (Å²) in [5.74, 6) is -0.0787. The number of likely N-dealkylation sites (N-methyl/N-ethyl adjacent to an activating group) is 1. The molecule has 0 unspecified atom stereocenters. The molecule has 0 aliphatic rings. The van der Waals surface area contributed by atoms with Crippen LogP contribution in [0, 0.1) is 0 Å². The highest BCUT2D eigenvalue weighted by atomic mass is 16.6. The Balaban J connectivity index is 3.23. The third-order valence-corrected chi connectivity index (χ3v) is 6.49. The third kappa shape index (κ3) is 27.5. The molecule has 0 fully saturated rings. The average Bonchev–Trinajstić information content (AvgIpc) is 2.81. The first-order chi connectivity index (χ1) is 16.2. The van der Waals surface area contributed by atoms with Gasteiger partial charge in [0.15, 0.2) is 0 Å². The van der Waals surface area contributed by atoms with Crippen molar-refractivity contribution in [3.63, 3.8) is 0 Å². The van der Waals surface area contributed by atoms with Gasteiger partial charge in [0.2, 0.25) is 0 Å². The summed E-state index contributed by atoms with van der Waals surface area (Å²) in [7, 11) is 2.17. The van der Waals surface area contributed by atoms with E-state index in [1.54, 1.807) is 0 Å². The quantitative estimate of drug-likeness (QED) is 0.0895. The van der Waals surface area contributed by atoms with Gasteiger partial charge in [0, 0.05) is 13.0 Å². The summed E-state index contributed by atoms with van der Waals surface area (Å²) in [6, 6.07) is 0. The second-order valence-corrected chi connectivity index (χ2v) is 9.90. The van der Waals surface area contributed by atoms with Crippen LogP contribution >= 0.6 is 0 Å². The standard InChI is InChI=1S/C29H59NO3/c1-4-6-8-10-11-12-13-14-15-16-17-18-20-22-24-30(3)25-26-32-27-28-33-29(31)23-21-19-9-7-5-2/h4-28H2,1-3H3. The number of ether oxygens (including phenoxy) is 2. The van der Waals surface area contributed by atoms with Crippen LogP contribution in [0.1, 0.15) is 142 Å². The van der Waals surface area contributed by atoms with E-state index in [4.69, 9.17) is 9.47 Å². The van der Waals surface area contributed by atoms with E-state index in [-0.39, 0.29) is 5.97 Å². The Kier molecular flexibility index (Phi) is 27.1. The molecule has 0 spiro atoms. The van der Waals surface area contributed by atoms with Crippen molar-refractivity contribution in [3.05, 3.63) is 0 Å². The summed E-state index contributed by atoms with van der Waals surface area (Å²) in [5.41, 5.74) is 0. The highest BCUT2D eigenvalue weighted by Crippen LogP contribution is 2.13. The van der Waals surface area contributed by atoms with Crippen molar-refractivity contribution in [1.29, 1.82) is 0 Å². The molecule has 0 atom stereocenters. The summed E-state index contributed by atoms with van der Waals surface area (Å²) in [5, 5.41) is 0. The number of esters is 1. The van der Waals surface area contributed by atoms with Gasteiger partial charge >= 0.3 is 5.97 Å². The van der Waals surface area contributed by atoms with Crippen molar-refractivity contribution in [1.82, 2.24) is 4.90 Å². The Hall–Kier alpha value is -0.610. The maximum atomic E-state index is 11.6. The molecule has 0 aromatic rings. The van der Waals surface area contributed by atoms with Gasteiger partial charge in [-0.25, -0.2) is 0 Å². The molecule has 0 heterocycles. The molecule has 0 N–H and O–H groups in total. The van der Waals surface area contributed by atoms with Gasteiger partial charge in [-0.1, -0.05) is 123 Å². The molecule has 0 amide bonds. The van der Waals surface area contributed by atoms with Crippen molar-refractivity contribution in [3.8, 4) is 0 Å². The van der Waals surface area contributed by atoms with E-state index in [2.05, 4.69) is 25.8 Å². The number of rotatable bonds is 27. The lowest BCUT2D eigenvalue weighted by Gasteiger charge is -2.16. The normalized spacial score (nSPS) is 11.4. The summed E-state index contributed by atoms with van der Waals surface area (Å²) in [4.78, 5) is 14.0. The molecule has 0 saturated heterocycles. The fourth-order valence-corrected chi connectivity index (χ4v) is 4.17. The van der Waals surface area contributed by atoms with Crippen LogP contribution in [0.4, 0.5) is 0 Å². The predicted octanol–water partition coefficient (Wildman–Crippen LogP) is 8.32. The zero-order valence-electron chi connectivity index (χ0n) is 22.8. The lowest BCUT2D eigenvalue weighted by molar-refractivity contribution is -0.145. The second-order valence-electron chi connectivity index (χ2n) is 9.90. The van der Waals surface area contributed by atoms with E-state index in [0.29, 0.717) is 26.2 Å². The second kappa shape index (κ2) is 27.6. The molecule has 0 rings (SSSR count). The molecule has 0 aliphatic heterocycles. The zero-order chi connectivity index (χ0) is 24.2. The van der Waals surface area contributed by atoms with Gasteiger partial charge in [0.1, 0.15) is 6.61 Å². The first kappa shape index (κ1) is 32.4. The van der Waals surface area contributed by atoms with E-state index in [9.17, 15) is 4.79 Å². The van der Waals surface area contributed by atoms with Gasteiger partial charge < -0.3 is 14.4 Å². The van der Waals surface area contributed by atoms with E-state index >= 15 is 0 Å². The van der Waals surface area contributed by atoms with Crippen molar-refractivity contribution >= 4 is 5.97 Å². The summed E-state index contributed by atoms with van der Waals surface area (Å²) >= 11 is 0. The number of unbranched alkanes of at least 4 members (excludes halogenated alkanes) is 17. The van der Waals surface area contributed by atoms with Crippen LogP contribution in [-0.2, 0) is 14.3 Å². The van der Waals surface area contributed by atoms with Crippen molar-refractivity contribution < 1.29 is 14.3 Å². The maximum Gasteiger partial charge on any atom is 0.305 e. The molecule has 0 aromatic heterocycles. The van der Waals surface area contributed by atoms with Gasteiger partial charge in [0.05, 0.1) is 13.2 Å². The zero-order valence-corrected chi connectivity index (χ0v) is 22.8. The first-order valence-corrected chi connectivity index (χ1v) is 14.6. The Morgan fingerprint density at radius 3 is 1.52 bits per heavy atom. The molecule has 4 heteroatoms. The van der Waals surface area contributed by atoms with E-state index in [1.165, 1.54) is 109 Å². The number of hydrogen-bond donors (Lipinski definition) is 0. The number of nitrogens with zero attached hydrogens (tertiary/aromatic N) is 1. The van der Waals surface area contributed by atoms with Crippen LogP contribution in [0.5, 0.6) is 0 Å². The van der Waals surface area contributed by atoms with Crippen molar-refractivity contribution in [2.75, 3.05) is 40.0 Å². The molecule has 0 saturated carbocycles. The monoisotopic (exact) mass is 469 g/mol. The smallest absolute Gasteiger partial charge is 0.305 e. The van der Waals surface area contributed by atoms with Gasteiger partial charge in [-0.15, -0.1) is 0 Å². The van der Waals surface area contributed by atoms with Gasteiger partial charge in [-0.2, -0.15) is 0 Å². The van der Waals surface area contributed by atoms with Crippen LogP contribution in [-0.4, -0.2) is 50.8 Å². The maximum absolute atomic E-state index is 11.6. The average molecular weight is 470 g/mol. The van der Waals surface area contributed by atoms with Gasteiger partial charge in [-0.3, -0.25) is 4.79 Å². The fourth-order valence-electron chi connectivity index (χ4n) is 4.17. The molecule has 4 nitrogen and oxygen atoms in total.